The van der Waals surface area contributed by atoms with Gasteiger partial charge in [0.15, 0.2) is 0 Å². The third kappa shape index (κ3) is 2.82. The summed E-state index contributed by atoms with van der Waals surface area (Å²) in [6.45, 7) is 1.90. The molecular weight excluding hydrogens is 324 g/mol. The summed E-state index contributed by atoms with van der Waals surface area (Å²) >= 11 is 1.53. The molecule has 1 aliphatic carbocycles. The van der Waals surface area contributed by atoms with Crippen molar-refractivity contribution in [2.24, 2.45) is 0 Å². The Labute approximate surface area is 143 Å². The Morgan fingerprint density at radius 1 is 1.29 bits per heavy atom. The number of thioether (sulfide) groups is 1. The Kier molecular flexibility index (Phi) is 4.05. The van der Waals surface area contributed by atoms with E-state index >= 15 is 0 Å². The van der Waals surface area contributed by atoms with E-state index in [-0.39, 0.29) is 5.56 Å². The number of rotatable bonds is 4. The molecule has 0 unspecified atom stereocenters. The fraction of sp³-hybridized carbons (Fsp3) is 0.438. The largest absolute Gasteiger partial charge is 0.269 e. The average Bonchev–Trinajstić information content (AvgIpc) is 3.24. The monoisotopic (exact) mass is 342 g/mol. The van der Waals surface area contributed by atoms with E-state index in [4.69, 9.17) is 0 Å². The molecule has 3 aromatic rings. The van der Waals surface area contributed by atoms with Gasteiger partial charge in [-0.25, -0.2) is 9.67 Å². The van der Waals surface area contributed by atoms with Crippen LogP contribution in [-0.4, -0.2) is 29.6 Å². The lowest BCUT2D eigenvalue weighted by Crippen LogP contribution is -2.17. The van der Waals surface area contributed by atoms with E-state index in [0.717, 1.165) is 29.4 Å². The first-order chi connectivity index (χ1) is 11.7. The minimum atomic E-state index is -0.0518. The lowest BCUT2D eigenvalue weighted by molar-refractivity contribution is 0.423. The quantitative estimate of drug-likeness (QED) is 0.678. The first-order valence-electron chi connectivity index (χ1n) is 8.11. The van der Waals surface area contributed by atoms with Crippen molar-refractivity contribution >= 4 is 17.4 Å². The number of tetrazole rings is 1. The van der Waals surface area contributed by atoms with Gasteiger partial charge in [0.1, 0.15) is 5.65 Å². The van der Waals surface area contributed by atoms with Crippen molar-refractivity contribution < 1.29 is 0 Å². The summed E-state index contributed by atoms with van der Waals surface area (Å²) < 4.78 is 3.55. The predicted octanol–water partition coefficient (Wildman–Crippen LogP) is 2.40. The first kappa shape index (κ1) is 15.3. The number of hydrogen-bond donors (Lipinski definition) is 0. The van der Waals surface area contributed by atoms with Crippen molar-refractivity contribution in [3.05, 3.63) is 46.0 Å². The molecule has 7 nitrogen and oxygen atoms in total. The van der Waals surface area contributed by atoms with Gasteiger partial charge in [0.25, 0.3) is 5.56 Å². The molecule has 0 amide bonds. The molecule has 0 N–H and O–H groups in total. The van der Waals surface area contributed by atoms with Gasteiger partial charge in [-0.2, -0.15) is 0 Å². The van der Waals surface area contributed by atoms with Crippen molar-refractivity contribution in [1.29, 1.82) is 0 Å². The number of hydrogen-bond acceptors (Lipinski definition) is 6. The van der Waals surface area contributed by atoms with Crippen LogP contribution in [0.25, 0.3) is 5.65 Å². The summed E-state index contributed by atoms with van der Waals surface area (Å²) in [4.78, 5) is 16.9. The summed E-state index contributed by atoms with van der Waals surface area (Å²) in [5, 5.41) is 12.9. The molecule has 124 valence electrons. The third-order valence-electron chi connectivity index (χ3n) is 4.42. The molecule has 0 radical (unpaired) electrons. The van der Waals surface area contributed by atoms with Crippen LogP contribution in [0.4, 0.5) is 0 Å². The molecule has 1 saturated carbocycles. The second-order valence-corrected chi connectivity index (χ2v) is 7.02. The molecule has 0 spiro atoms. The lowest BCUT2D eigenvalue weighted by atomic mass is 10.3. The first-order valence-corrected chi connectivity index (χ1v) is 9.10. The highest BCUT2D eigenvalue weighted by Crippen LogP contribution is 2.32. The Morgan fingerprint density at radius 3 is 2.96 bits per heavy atom. The van der Waals surface area contributed by atoms with Crippen molar-refractivity contribution in [3.8, 4) is 0 Å². The van der Waals surface area contributed by atoms with Gasteiger partial charge in [-0.1, -0.05) is 30.7 Å². The minimum absolute atomic E-state index is 0.0518. The molecule has 24 heavy (non-hydrogen) atoms. The smallest absolute Gasteiger partial charge is 0.258 e. The topological polar surface area (TPSA) is 78.0 Å². The van der Waals surface area contributed by atoms with E-state index in [1.807, 2.05) is 29.8 Å². The maximum absolute atomic E-state index is 12.3. The molecule has 3 heterocycles. The number of pyridine rings is 1. The minimum Gasteiger partial charge on any atom is -0.269 e. The molecule has 4 rings (SSSR count). The van der Waals surface area contributed by atoms with Crippen LogP contribution >= 0.6 is 11.8 Å². The van der Waals surface area contributed by atoms with Crippen molar-refractivity contribution in [2.45, 2.75) is 49.6 Å². The van der Waals surface area contributed by atoms with Crippen LogP contribution in [0.2, 0.25) is 0 Å². The summed E-state index contributed by atoms with van der Waals surface area (Å²) in [6, 6.07) is 7.66. The third-order valence-corrected chi connectivity index (χ3v) is 5.38. The van der Waals surface area contributed by atoms with Crippen LogP contribution < -0.4 is 5.56 Å². The fourth-order valence-corrected chi connectivity index (χ4v) is 4.07. The van der Waals surface area contributed by atoms with E-state index in [9.17, 15) is 4.79 Å². The van der Waals surface area contributed by atoms with Crippen LogP contribution in [0.5, 0.6) is 0 Å². The van der Waals surface area contributed by atoms with E-state index in [2.05, 4.69) is 20.5 Å². The molecule has 0 saturated heterocycles. The second-order valence-electron chi connectivity index (χ2n) is 6.08. The summed E-state index contributed by atoms with van der Waals surface area (Å²) in [7, 11) is 0. The Bertz CT molecular complexity index is 928. The number of aryl methyl sites for hydroxylation is 1. The van der Waals surface area contributed by atoms with Crippen LogP contribution in [0.15, 0.2) is 34.2 Å². The maximum atomic E-state index is 12.3. The molecular formula is C16H18N6OS. The molecule has 3 aromatic heterocycles. The van der Waals surface area contributed by atoms with Gasteiger partial charge in [0, 0.05) is 17.5 Å². The van der Waals surface area contributed by atoms with Gasteiger partial charge < -0.3 is 0 Å². The van der Waals surface area contributed by atoms with Gasteiger partial charge in [-0.3, -0.25) is 9.20 Å². The standard InChI is InChI=1S/C16H18N6OS/c1-11-5-4-8-14-17-12(9-15(23)21(11)14)10-24-16-18-19-20-22(16)13-6-2-3-7-13/h4-5,8-9,13H,2-3,6-7,10H2,1H3. The molecule has 0 bridgehead atoms. The predicted molar refractivity (Wildman–Crippen MR) is 91.1 cm³/mol. The SMILES string of the molecule is Cc1cccc2nc(CSc3nnnn3C3CCCC3)cc(=O)n12. The summed E-state index contributed by atoms with van der Waals surface area (Å²) in [6.07, 6.45) is 4.73. The van der Waals surface area contributed by atoms with Gasteiger partial charge >= 0.3 is 0 Å². The van der Waals surface area contributed by atoms with Crippen molar-refractivity contribution in [2.75, 3.05) is 0 Å². The second kappa shape index (κ2) is 6.35. The molecule has 0 atom stereocenters. The number of nitrogens with zero attached hydrogens (tertiary/aromatic N) is 6. The number of fused-ring (bicyclic) bond motifs is 1. The van der Waals surface area contributed by atoms with Crippen LogP contribution in [0, 0.1) is 6.92 Å². The number of aromatic nitrogens is 6. The van der Waals surface area contributed by atoms with Crippen LogP contribution in [0.3, 0.4) is 0 Å². The highest BCUT2D eigenvalue weighted by Gasteiger charge is 2.21. The maximum Gasteiger partial charge on any atom is 0.258 e. The van der Waals surface area contributed by atoms with Crippen LogP contribution in [0.1, 0.15) is 43.1 Å². The van der Waals surface area contributed by atoms with Crippen molar-refractivity contribution in [1.82, 2.24) is 29.6 Å². The van der Waals surface area contributed by atoms with Crippen LogP contribution in [-0.2, 0) is 5.75 Å². The Balaban J connectivity index is 1.58. The molecule has 8 heteroatoms. The normalized spacial score (nSPS) is 15.4. The van der Waals surface area contributed by atoms with E-state index in [1.54, 1.807) is 10.5 Å². The van der Waals surface area contributed by atoms with E-state index < -0.39 is 0 Å². The zero-order valence-corrected chi connectivity index (χ0v) is 14.2. The van der Waals surface area contributed by atoms with E-state index in [1.165, 1.54) is 24.6 Å². The molecule has 0 aromatic carbocycles. The Hall–Kier alpha value is -2.22. The van der Waals surface area contributed by atoms with Gasteiger partial charge in [-0.15, -0.1) is 5.10 Å². The summed E-state index contributed by atoms with van der Waals surface area (Å²) in [5.41, 5.74) is 2.25. The van der Waals surface area contributed by atoms with Gasteiger partial charge in [-0.05, 0) is 42.3 Å². The highest BCUT2D eigenvalue weighted by atomic mass is 32.2. The highest BCUT2D eigenvalue weighted by molar-refractivity contribution is 7.98. The molecule has 1 aliphatic rings. The fourth-order valence-electron chi connectivity index (χ4n) is 3.23. The zero-order valence-electron chi connectivity index (χ0n) is 13.4. The average molecular weight is 342 g/mol. The Morgan fingerprint density at radius 2 is 2.12 bits per heavy atom. The zero-order chi connectivity index (χ0) is 16.5. The summed E-state index contributed by atoms with van der Waals surface area (Å²) in [5.74, 6) is 0.576. The molecule has 1 fully saturated rings. The lowest BCUT2D eigenvalue weighted by Gasteiger charge is -2.10. The van der Waals surface area contributed by atoms with Crippen molar-refractivity contribution in [3.63, 3.8) is 0 Å². The van der Waals surface area contributed by atoms with Gasteiger partial charge in [0.2, 0.25) is 5.16 Å². The van der Waals surface area contributed by atoms with Gasteiger partial charge in [0.05, 0.1) is 11.7 Å². The van der Waals surface area contributed by atoms with E-state index in [0.29, 0.717) is 17.4 Å². The molecule has 0 aliphatic heterocycles.